The third kappa shape index (κ3) is 4.23. The van der Waals surface area contributed by atoms with Gasteiger partial charge in [0.25, 0.3) is 5.91 Å². The van der Waals surface area contributed by atoms with Crippen LogP contribution in [0.15, 0.2) is 36.7 Å². The second-order valence-electron chi connectivity index (χ2n) is 4.46. The number of amides is 1. The summed E-state index contributed by atoms with van der Waals surface area (Å²) < 4.78 is 31.3. The highest BCUT2D eigenvalue weighted by Gasteiger charge is 2.11. The van der Waals surface area contributed by atoms with Crippen LogP contribution in [0.2, 0.25) is 0 Å². The Labute approximate surface area is 126 Å². The van der Waals surface area contributed by atoms with Crippen LogP contribution in [0.4, 0.5) is 20.2 Å². The number of carbonyl (C=O) groups excluding carboxylic acids is 1. The van der Waals surface area contributed by atoms with E-state index in [-0.39, 0.29) is 11.3 Å². The van der Waals surface area contributed by atoms with Gasteiger partial charge in [-0.1, -0.05) is 0 Å². The van der Waals surface area contributed by atoms with Crippen LogP contribution >= 0.6 is 0 Å². The molecule has 0 unspecified atom stereocenters. The number of rotatable bonds is 6. The smallest absolute Gasteiger partial charge is 0.257 e. The fourth-order valence-electron chi connectivity index (χ4n) is 1.74. The van der Waals surface area contributed by atoms with Crippen molar-refractivity contribution in [2.45, 2.75) is 0 Å². The Kier molecular flexibility index (Phi) is 5.37. The van der Waals surface area contributed by atoms with Gasteiger partial charge in [-0.15, -0.1) is 0 Å². The highest BCUT2D eigenvalue weighted by atomic mass is 19.1. The second kappa shape index (κ2) is 7.46. The molecule has 0 atom stereocenters. The lowest BCUT2D eigenvalue weighted by molar-refractivity contribution is 0.102. The number of carbonyl (C=O) groups is 1. The lowest BCUT2D eigenvalue weighted by Gasteiger charge is -2.09. The van der Waals surface area contributed by atoms with E-state index < -0.39 is 17.5 Å². The molecule has 5 nitrogen and oxygen atoms in total. The highest BCUT2D eigenvalue weighted by molar-refractivity contribution is 6.04. The van der Waals surface area contributed by atoms with Gasteiger partial charge in [0.05, 0.1) is 23.5 Å². The van der Waals surface area contributed by atoms with Gasteiger partial charge in [-0.2, -0.15) is 0 Å². The summed E-state index contributed by atoms with van der Waals surface area (Å²) in [6.45, 7) is 1.08. The molecule has 0 saturated carbocycles. The summed E-state index contributed by atoms with van der Waals surface area (Å²) in [5, 5.41) is 5.41. The molecule has 0 fully saturated rings. The van der Waals surface area contributed by atoms with Crippen molar-refractivity contribution in [2.24, 2.45) is 0 Å². The molecule has 0 bridgehead atoms. The molecule has 1 amide bonds. The molecular weight excluding hydrogens is 292 g/mol. The van der Waals surface area contributed by atoms with Gasteiger partial charge in [-0.3, -0.25) is 9.78 Å². The van der Waals surface area contributed by atoms with E-state index in [1.807, 2.05) is 0 Å². The van der Waals surface area contributed by atoms with Crippen LogP contribution in [0.3, 0.4) is 0 Å². The van der Waals surface area contributed by atoms with Crippen molar-refractivity contribution >= 4 is 17.3 Å². The van der Waals surface area contributed by atoms with Crippen LogP contribution in [0.5, 0.6) is 0 Å². The lowest BCUT2D eigenvalue weighted by atomic mass is 10.2. The van der Waals surface area contributed by atoms with Crippen LogP contribution in [-0.4, -0.2) is 31.2 Å². The van der Waals surface area contributed by atoms with Crippen molar-refractivity contribution in [1.29, 1.82) is 0 Å². The Morgan fingerprint density at radius 1 is 1.27 bits per heavy atom. The van der Waals surface area contributed by atoms with Crippen LogP contribution in [0.25, 0.3) is 0 Å². The number of pyridine rings is 1. The average molecular weight is 307 g/mol. The van der Waals surface area contributed by atoms with Gasteiger partial charge < -0.3 is 15.4 Å². The Morgan fingerprint density at radius 3 is 2.82 bits per heavy atom. The number of benzene rings is 1. The van der Waals surface area contributed by atoms with Gasteiger partial charge in [0, 0.05) is 32.1 Å². The highest BCUT2D eigenvalue weighted by Crippen LogP contribution is 2.17. The van der Waals surface area contributed by atoms with E-state index in [4.69, 9.17) is 4.74 Å². The molecule has 116 valence electrons. The van der Waals surface area contributed by atoms with Gasteiger partial charge in [-0.25, -0.2) is 8.78 Å². The van der Waals surface area contributed by atoms with Crippen molar-refractivity contribution in [1.82, 2.24) is 4.98 Å². The predicted molar refractivity (Wildman–Crippen MR) is 78.9 cm³/mol. The molecule has 0 saturated heterocycles. The maximum atomic E-state index is 13.5. The van der Waals surface area contributed by atoms with Crippen LogP contribution in [-0.2, 0) is 4.74 Å². The number of nitrogens with zero attached hydrogens (tertiary/aromatic N) is 1. The fourth-order valence-corrected chi connectivity index (χ4v) is 1.74. The van der Waals surface area contributed by atoms with E-state index in [2.05, 4.69) is 15.6 Å². The Balaban J connectivity index is 2.07. The number of hydrogen-bond acceptors (Lipinski definition) is 4. The first-order chi connectivity index (χ1) is 10.6. The molecule has 0 spiro atoms. The summed E-state index contributed by atoms with van der Waals surface area (Å²) in [5.74, 6) is -2.08. The Morgan fingerprint density at radius 2 is 2.09 bits per heavy atom. The molecule has 1 heterocycles. The van der Waals surface area contributed by atoms with Crippen molar-refractivity contribution in [3.05, 3.63) is 53.9 Å². The molecule has 2 rings (SSSR count). The van der Waals surface area contributed by atoms with Crippen LogP contribution in [0, 0.1) is 11.6 Å². The maximum Gasteiger partial charge on any atom is 0.257 e. The van der Waals surface area contributed by atoms with Gasteiger partial charge in [0.2, 0.25) is 0 Å². The van der Waals surface area contributed by atoms with Crippen molar-refractivity contribution in [3.8, 4) is 0 Å². The minimum atomic E-state index is -0.837. The summed E-state index contributed by atoms with van der Waals surface area (Å²) in [4.78, 5) is 16.0. The molecule has 22 heavy (non-hydrogen) atoms. The van der Waals surface area contributed by atoms with E-state index in [0.29, 0.717) is 24.9 Å². The first-order valence-electron chi connectivity index (χ1n) is 6.54. The summed E-state index contributed by atoms with van der Waals surface area (Å²) in [6, 6.07) is 4.52. The van der Waals surface area contributed by atoms with E-state index >= 15 is 0 Å². The third-order valence-corrected chi connectivity index (χ3v) is 2.82. The van der Waals surface area contributed by atoms with Crippen LogP contribution in [0.1, 0.15) is 10.4 Å². The van der Waals surface area contributed by atoms with E-state index in [1.165, 1.54) is 6.20 Å². The van der Waals surface area contributed by atoms with Gasteiger partial charge in [0.1, 0.15) is 11.6 Å². The molecule has 7 heteroatoms. The largest absolute Gasteiger partial charge is 0.383 e. The van der Waals surface area contributed by atoms with E-state index in [1.54, 1.807) is 19.4 Å². The molecule has 0 aliphatic carbocycles. The number of halogens is 2. The Hall–Kier alpha value is -2.54. The minimum absolute atomic E-state index is 0.0934. The zero-order chi connectivity index (χ0) is 15.9. The minimum Gasteiger partial charge on any atom is -0.383 e. The molecule has 1 aromatic carbocycles. The summed E-state index contributed by atoms with van der Waals surface area (Å²) in [6.07, 6.45) is 2.92. The summed E-state index contributed by atoms with van der Waals surface area (Å²) >= 11 is 0. The maximum absolute atomic E-state index is 13.5. The number of ether oxygens (including phenoxy) is 1. The topological polar surface area (TPSA) is 63.2 Å². The fraction of sp³-hybridized carbons (Fsp3) is 0.200. The predicted octanol–water partition coefficient (Wildman–Crippen LogP) is 2.67. The first kappa shape index (κ1) is 15.8. The van der Waals surface area contributed by atoms with Crippen LogP contribution < -0.4 is 10.6 Å². The standard InChI is InChI=1S/C15H15F2N3O2/c1-22-5-4-19-12-6-10(8-18-9-12)15(21)20-14-3-2-11(16)7-13(14)17/h2-3,6-9,19H,4-5H2,1H3,(H,20,21). The Bertz CT molecular complexity index is 665. The zero-order valence-corrected chi connectivity index (χ0v) is 11.9. The molecule has 0 aliphatic rings. The van der Waals surface area contributed by atoms with Gasteiger partial charge >= 0.3 is 0 Å². The molecule has 2 N–H and O–H groups in total. The summed E-state index contributed by atoms with van der Waals surface area (Å²) in [7, 11) is 1.58. The molecular formula is C15H15F2N3O2. The quantitative estimate of drug-likeness (QED) is 0.805. The van der Waals surface area contributed by atoms with E-state index in [9.17, 15) is 13.6 Å². The van der Waals surface area contributed by atoms with Crippen molar-refractivity contribution in [2.75, 3.05) is 30.9 Å². The van der Waals surface area contributed by atoms with Crippen molar-refractivity contribution in [3.63, 3.8) is 0 Å². The number of hydrogen-bond donors (Lipinski definition) is 2. The van der Waals surface area contributed by atoms with Gasteiger partial charge in [-0.05, 0) is 18.2 Å². The number of aromatic nitrogens is 1. The normalized spacial score (nSPS) is 10.3. The molecule has 2 aromatic rings. The van der Waals surface area contributed by atoms with E-state index in [0.717, 1.165) is 12.1 Å². The lowest BCUT2D eigenvalue weighted by Crippen LogP contribution is -2.14. The third-order valence-electron chi connectivity index (χ3n) is 2.82. The van der Waals surface area contributed by atoms with Gasteiger partial charge in [0.15, 0.2) is 0 Å². The second-order valence-corrected chi connectivity index (χ2v) is 4.46. The van der Waals surface area contributed by atoms with Crippen molar-refractivity contribution < 1.29 is 18.3 Å². The molecule has 1 aromatic heterocycles. The summed E-state index contributed by atoms with van der Waals surface area (Å²) in [5.41, 5.74) is 0.805. The number of anilines is 2. The monoisotopic (exact) mass is 307 g/mol. The molecule has 0 aliphatic heterocycles. The zero-order valence-electron chi connectivity index (χ0n) is 11.9. The first-order valence-corrected chi connectivity index (χ1v) is 6.54. The number of nitrogens with one attached hydrogen (secondary N) is 2. The molecule has 0 radical (unpaired) electrons. The average Bonchev–Trinajstić information content (AvgIpc) is 2.50. The SMILES string of the molecule is COCCNc1cncc(C(=O)Nc2ccc(F)cc2F)c1. The number of methoxy groups -OCH3 is 1.